The lowest BCUT2D eigenvalue weighted by Gasteiger charge is -2.19. The first-order valence-electron chi connectivity index (χ1n) is 10.1. The minimum Gasteiger partial charge on any atom is -0.468 e. The number of nitrogens with zero attached hydrogens (tertiary/aromatic N) is 4. The van der Waals surface area contributed by atoms with Gasteiger partial charge >= 0.3 is 0 Å². The number of hydrogen-bond donors (Lipinski definition) is 1. The third-order valence-corrected chi connectivity index (χ3v) is 5.87. The molecule has 5 rings (SSSR count). The van der Waals surface area contributed by atoms with E-state index in [-0.39, 0.29) is 11.9 Å². The Kier molecular flexibility index (Phi) is 5.10. The molecule has 31 heavy (non-hydrogen) atoms. The van der Waals surface area contributed by atoms with Crippen molar-refractivity contribution in [3.05, 3.63) is 82.2 Å². The first kappa shape index (κ1) is 19.6. The smallest absolute Gasteiger partial charge is 0.240 e. The molecular weight excluding hydrogens is 414 g/mol. The average Bonchev–Trinajstić information content (AvgIpc) is 3.32. The van der Waals surface area contributed by atoms with Crippen molar-refractivity contribution in [2.45, 2.75) is 32.1 Å². The number of halogens is 1. The second kappa shape index (κ2) is 8.06. The summed E-state index contributed by atoms with van der Waals surface area (Å²) in [7, 11) is 0. The lowest BCUT2D eigenvalue weighted by Crippen LogP contribution is -2.38. The quantitative estimate of drug-likeness (QED) is 0.541. The van der Waals surface area contributed by atoms with E-state index in [9.17, 15) is 4.79 Å². The van der Waals surface area contributed by atoms with Crippen LogP contribution in [-0.4, -0.2) is 32.9 Å². The number of ether oxygens (including phenoxy) is 1. The molecule has 1 amide bonds. The number of amides is 1. The van der Waals surface area contributed by atoms with Crippen molar-refractivity contribution < 1.29 is 9.53 Å². The zero-order valence-electron chi connectivity index (χ0n) is 16.7. The van der Waals surface area contributed by atoms with Crippen LogP contribution in [0.4, 0.5) is 5.69 Å². The second-order valence-electron chi connectivity index (χ2n) is 7.81. The van der Waals surface area contributed by atoms with Gasteiger partial charge in [0.1, 0.15) is 11.5 Å². The van der Waals surface area contributed by atoms with Crippen LogP contribution in [0.25, 0.3) is 4.85 Å². The van der Waals surface area contributed by atoms with E-state index in [4.69, 9.17) is 22.9 Å². The van der Waals surface area contributed by atoms with E-state index >= 15 is 0 Å². The monoisotopic (exact) mass is 433 g/mol. The third kappa shape index (κ3) is 4.00. The number of rotatable bonds is 0. The van der Waals surface area contributed by atoms with Gasteiger partial charge in [0, 0.05) is 37.4 Å². The van der Waals surface area contributed by atoms with Crippen molar-refractivity contribution in [3.8, 4) is 11.5 Å². The molecule has 6 bridgehead atoms. The van der Waals surface area contributed by atoms with Crippen LogP contribution >= 0.6 is 11.6 Å². The van der Waals surface area contributed by atoms with Gasteiger partial charge < -0.3 is 19.5 Å². The fourth-order valence-electron chi connectivity index (χ4n) is 4.10. The number of aromatic nitrogens is 2. The summed E-state index contributed by atoms with van der Waals surface area (Å²) >= 11 is 6.34. The van der Waals surface area contributed by atoms with Crippen molar-refractivity contribution in [1.29, 1.82) is 0 Å². The topological polar surface area (TPSA) is 63.8 Å². The highest BCUT2D eigenvalue weighted by molar-refractivity contribution is 6.30. The molecule has 0 aliphatic carbocycles. The van der Waals surface area contributed by atoms with Crippen molar-refractivity contribution in [1.82, 2.24) is 19.8 Å². The number of nitrogens with one attached hydrogen (secondary N) is 1. The molecule has 2 aromatic carbocycles. The second-order valence-corrected chi connectivity index (χ2v) is 8.24. The summed E-state index contributed by atoms with van der Waals surface area (Å²) < 4.78 is 8.13. The van der Waals surface area contributed by atoms with Gasteiger partial charge in [0.25, 0.3) is 0 Å². The molecule has 1 N–H and O–H groups in total. The Morgan fingerprint density at radius 3 is 2.97 bits per heavy atom. The van der Waals surface area contributed by atoms with Crippen LogP contribution in [0.3, 0.4) is 0 Å². The standard InChI is InChI=1S/C23H20ClN5O2/c1-25-20-3-2-15-8-22(20)31-19-7-16(6-17(24)9-19)13-28-5-4-21(23(28)30)27-11-18-10-26-14-29(18)12-15/h2-3,6-10,14,21,27H,4-5,11-13H2/t21-/m0/s1. The van der Waals surface area contributed by atoms with Gasteiger partial charge in [0.05, 0.1) is 24.6 Å². The van der Waals surface area contributed by atoms with Gasteiger partial charge in [-0.15, -0.1) is 0 Å². The lowest BCUT2D eigenvalue weighted by molar-refractivity contribution is -0.129. The Morgan fingerprint density at radius 1 is 1.19 bits per heavy atom. The third-order valence-electron chi connectivity index (χ3n) is 5.66. The van der Waals surface area contributed by atoms with Gasteiger partial charge in [0.15, 0.2) is 0 Å². The molecule has 0 radical (unpaired) electrons. The average molecular weight is 434 g/mol. The van der Waals surface area contributed by atoms with Crippen LogP contribution in [0.1, 0.15) is 23.2 Å². The van der Waals surface area contributed by atoms with Crippen LogP contribution in [-0.2, 0) is 24.4 Å². The molecule has 1 fully saturated rings. The Bertz CT molecular complexity index is 1200. The fourth-order valence-corrected chi connectivity index (χ4v) is 4.34. The van der Waals surface area contributed by atoms with E-state index in [1.165, 1.54) is 0 Å². The van der Waals surface area contributed by atoms with E-state index in [0.29, 0.717) is 48.4 Å². The maximum absolute atomic E-state index is 12.9. The Balaban J connectivity index is 1.58. The highest BCUT2D eigenvalue weighted by Gasteiger charge is 2.31. The molecule has 1 aromatic heterocycles. The Morgan fingerprint density at radius 2 is 2.10 bits per heavy atom. The van der Waals surface area contributed by atoms with Crippen molar-refractivity contribution in [3.63, 3.8) is 0 Å². The molecule has 0 spiro atoms. The fraction of sp³-hybridized carbons (Fsp3) is 0.261. The number of fused-ring (bicyclic) bond motifs is 7. The van der Waals surface area contributed by atoms with E-state index in [1.54, 1.807) is 18.5 Å². The molecule has 2 aliphatic heterocycles. The van der Waals surface area contributed by atoms with Crippen LogP contribution in [0.2, 0.25) is 5.02 Å². The summed E-state index contributed by atoms with van der Waals surface area (Å²) in [6.07, 6.45) is 4.34. The summed E-state index contributed by atoms with van der Waals surface area (Å²) in [5, 5.41) is 3.91. The van der Waals surface area contributed by atoms with Crippen molar-refractivity contribution in [2.24, 2.45) is 0 Å². The molecule has 1 atom stereocenters. The van der Waals surface area contributed by atoms with E-state index < -0.39 is 0 Å². The van der Waals surface area contributed by atoms with Crippen molar-refractivity contribution >= 4 is 23.2 Å². The molecule has 0 saturated carbocycles. The lowest BCUT2D eigenvalue weighted by atomic mass is 10.1. The number of benzene rings is 2. The van der Waals surface area contributed by atoms with Crippen LogP contribution in [0, 0.1) is 6.57 Å². The largest absolute Gasteiger partial charge is 0.468 e. The van der Waals surface area contributed by atoms with Crippen LogP contribution < -0.4 is 10.1 Å². The maximum atomic E-state index is 12.9. The summed E-state index contributed by atoms with van der Waals surface area (Å²) in [5.74, 6) is 1.10. The zero-order chi connectivity index (χ0) is 21.4. The summed E-state index contributed by atoms with van der Waals surface area (Å²) in [6, 6.07) is 10.8. The maximum Gasteiger partial charge on any atom is 0.240 e. The summed E-state index contributed by atoms with van der Waals surface area (Å²) in [6.45, 7) is 9.77. The van der Waals surface area contributed by atoms with Crippen molar-refractivity contribution in [2.75, 3.05) is 6.54 Å². The molecule has 3 heterocycles. The molecule has 3 aromatic rings. The number of carbonyl (C=O) groups is 1. The van der Waals surface area contributed by atoms with Gasteiger partial charge in [-0.3, -0.25) is 4.79 Å². The molecule has 7 nitrogen and oxygen atoms in total. The van der Waals surface area contributed by atoms with E-state index in [2.05, 4.69) is 15.1 Å². The predicted octanol–water partition coefficient (Wildman–Crippen LogP) is 4.13. The molecule has 0 unspecified atom stereocenters. The zero-order valence-corrected chi connectivity index (χ0v) is 17.5. The minimum atomic E-state index is -0.212. The highest BCUT2D eigenvalue weighted by atomic mass is 35.5. The van der Waals surface area contributed by atoms with Gasteiger partial charge in [-0.1, -0.05) is 23.7 Å². The first-order valence-corrected chi connectivity index (χ1v) is 10.5. The first-order chi connectivity index (χ1) is 15.1. The summed E-state index contributed by atoms with van der Waals surface area (Å²) in [4.78, 5) is 22.6. The van der Waals surface area contributed by atoms with Gasteiger partial charge in [-0.2, -0.15) is 0 Å². The van der Waals surface area contributed by atoms with Gasteiger partial charge in [0.2, 0.25) is 11.6 Å². The van der Waals surface area contributed by atoms with E-state index in [1.807, 2.05) is 39.9 Å². The minimum absolute atomic E-state index is 0.0844. The molecular formula is C23H20ClN5O2. The number of imidazole rings is 1. The molecule has 2 aliphatic rings. The number of hydrogen-bond acceptors (Lipinski definition) is 4. The number of carbonyl (C=O) groups excluding carboxylic acids is 1. The van der Waals surface area contributed by atoms with Crippen LogP contribution in [0.5, 0.6) is 11.5 Å². The predicted molar refractivity (Wildman–Crippen MR) is 116 cm³/mol. The summed E-state index contributed by atoms with van der Waals surface area (Å²) in [5.41, 5.74) is 3.30. The van der Waals surface area contributed by atoms with Gasteiger partial charge in [-0.05, 0) is 41.8 Å². The molecule has 8 heteroatoms. The van der Waals surface area contributed by atoms with E-state index in [0.717, 1.165) is 23.2 Å². The Labute approximate surface area is 185 Å². The normalized spacial score (nSPS) is 18.3. The molecule has 156 valence electrons. The van der Waals surface area contributed by atoms with Gasteiger partial charge in [-0.25, -0.2) is 9.83 Å². The molecule has 1 saturated heterocycles. The Hall–Kier alpha value is -3.34. The SMILES string of the molecule is [C-]#[N+]c1ccc2cc1Oc1cc(Cl)cc(c1)CN1CC[C@H](NCc3cncn3C2)C1=O. The highest BCUT2D eigenvalue weighted by Crippen LogP contribution is 2.35. The van der Waals surface area contributed by atoms with Crippen LogP contribution in [0.15, 0.2) is 48.9 Å².